The minimum absolute atomic E-state index is 0. The van der Waals surface area contributed by atoms with Gasteiger partial charge in [0.2, 0.25) is 0 Å². The average molecular weight is 981 g/mol. The number of hydrogen-bond acceptors (Lipinski definition) is 15. The Bertz CT molecular complexity index is 1610. The number of nitrogens with zero attached hydrogens (tertiary/aromatic N) is 1. The summed E-state index contributed by atoms with van der Waals surface area (Å²) in [5, 5.41) is 0.259. The van der Waals surface area contributed by atoms with E-state index >= 15 is 0 Å². The van der Waals surface area contributed by atoms with Crippen LogP contribution in [-0.4, -0.2) is 82.1 Å². The molecule has 58 heavy (non-hydrogen) atoms. The van der Waals surface area contributed by atoms with Crippen molar-refractivity contribution < 1.29 is 23.9 Å². The zero-order chi connectivity index (χ0) is 44.1. The van der Waals surface area contributed by atoms with Crippen LogP contribution in [0.1, 0.15) is 95.1 Å². The Hall–Kier alpha value is -1.08. The molecule has 3 unspecified atom stereocenters. The molecule has 324 valence electrons. The number of thiocarbonyl (C=S) groups is 4. The van der Waals surface area contributed by atoms with Crippen molar-refractivity contribution in [3.63, 3.8) is 0 Å². The fourth-order valence-corrected chi connectivity index (χ4v) is 10.8. The van der Waals surface area contributed by atoms with Gasteiger partial charge in [0.25, 0.3) is 0 Å². The molecule has 0 fully saturated rings. The number of Topliss-reactive ketones (excluding diaryl/α,β-unsaturated/α-hetero) is 3. The summed E-state index contributed by atoms with van der Waals surface area (Å²) in [7, 11) is 0. The molecular formula is C42H61NO5S10. The number of rotatable bonds is 16. The molecule has 1 heterocycles. The Morgan fingerprint density at radius 3 is 1.76 bits per heavy atom. The van der Waals surface area contributed by atoms with Crippen molar-refractivity contribution in [1.29, 1.82) is 0 Å². The summed E-state index contributed by atoms with van der Waals surface area (Å²) < 4.78 is 10.1. The number of hydrogen-bond donors (Lipinski definition) is 0. The SMILES string of the molecule is C.C=C(C)C(C)SC(=S)SCC.C=CC(C)(C)SC(=S)c1ccccc1.CC(=O)C(C)SC(=S)n1cccc1.CC(=O)CCC(=O)OCCSC(=S)SC(C)C(C)=O. The van der Waals surface area contributed by atoms with Crippen molar-refractivity contribution in [2.24, 2.45) is 0 Å². The molecule has 0 aliphatic rings. The molecule has 0 amide bonds. The Balaban J connectivity index is -0.000000705. The molecule has 1 aromatic heterocycles. The lowest BCUT2D eigenvalue weighted by Gasteiger charge is -2.19. The van der Waals surface area contributed by atoms with E-state index < -0.39 is 0 Å². The largest absolute Gasteiger partial charge is 0.465 e. The molecule has 6 nitrogen and oxygen atoms in total. The summed E-state index contributed by atoms with van der Waals surface area (Å²) in [5.41, 5.74) is 2.30. The van der Waals surface area contributed by atoms with E-state index in [-0.39, 0.29) is 65.4 Å². The molecule has 0 aliphatic carbocycles. The lowest BCUT2D eigenvalue weighted by Crippen LogP contribution is -2.14. The van der Waals surface area contributed by atoms with Crippen molar-refractivity contribution >= 4 is 158 Å². The summed E-state index contributed by atoms with van der Waals surface area (Å²) in [5.74, 6) is 1.47. The zero-order valence-electron chi connectivity index (χ0n) is 34.5. The third kappa shape index (κ3) is 33.6. The van der Waals surface area contributed by atoms with Crippen LogP contribution in [0.4, 0.5) is 0 Å². The molecular weight excluding hydrogens is 919 g/mol. The number of ketones is 3. The van der Waals surface area contributed by atoms with E-state index in [0.29, 0.717) is 18.9 Å². The van der Waals surface area contributed by atoms with Gasteiger partial charge in [-0.15, -0.1) is 53.6 Å². The monoisotopic (exact) mass is 979 g/mol. The van der Waals surface area contributed by atoms with E-state index in [0.717, 1.165) is 19.0 Å². The Morgan fingerprint density at radius 2 is 1.29 bits per heavy atom. The highest BCUT2D eigenvalue weighted by atomic mass is 32.2. The van der Waals surface area contributed by atoms with Crippen LogP contribution in [0.2, 0.25) is 0 Å². The first-order chi connectivity index (χ1) is 26.6. The van der Waals surface area contributed by atoms with Crippen molar-refractivity contribution in [1.82, 2.24) is 4.57 Å². The molecule has 0 spiro atoms. The molecule has 16 heteroatoms. The minimum atomic E-state index is -0.369. The van der Waals surface area contributed by atoms with E-state index in [1.165, 1.54) is 54.7 Å². The first kappa shape index (κ1) is 61.2. The number of carbonyl (C=O) groups excluding carboxylic acids is 4. The van der Waals surface area contributed by atoms with Crippen LogP contribution in [0.15, 0.2) is 79.7 Å². The molecule has 3 atom stereocenters. The summed E-state index contributed by atoms with van der Waals surface area (Å²) in [6.07, 6.45) is 6.02. The third-order valence-corrected chi connectivity index (χ3v) is 15.6. The van der Waals surface area contributed by atoms with Crippen molar-refractivity contribution in [2.75, 3.05) is 18.1 Å². The van der Waals surface area contributed by atoms with Crippen LogP contribution in [0.5, 0.6) is 0 Å². The number of benzene rings is 1. The van der Waals surface area contributed by atoms with Gasteiger partial charge in [0, 0.05) is 34.6 Å². The van der Waals surface area contributed by atoms with Gasteiger partial charge in [0.05, 0.1) is 21.1 Å². The second-order valence-corrected chi connectivity index (χ2v) is 24.2. The fourth-order valence-electron chi connectivity index (χ4n) is 2.95. The third-order valence-electron chi connectivity index (χ3n) is 6.84. The Labute approximate surface area is 396 Å². The van der Waals surface area contributed by atoms with Gasteiger partial charge in [-0.3, -0.25) is 14.4 Å². The topological polar surface area (TPSA) is 82.4 Å². The highest BCUT2D eigenvalue weighted by Crippen LogP contribution is 2.29. The predicted octanol–water partition coefficient (Wildman–Crippen LogP) is 13.4. The standard InChI is InChI=1S/C12H18O4S3.C12H14S2.C9H11NOS2.C8H14S3.CH4/c1-8(13)4-5-11(15)16-6-7-18-12(17)19-10(3)9(2)14;1-4-12(2,3)14-11(13)10-8-6-5-7-9-10;1-7(11)8(2)13-9(12)10-5-3-4-6-10;1-5-10-8(9)11-7(4)6(2)3;/h10H,4-7H2,1-3H3;4-9H,1H2,2-3H3;3-6,8H,1-2H3;7H,2,5H2,1,3-4H3;1H4. The normalized spacial score (nSPS) is 11.7. The van der Waals surface area contributed by atoms with Gasteiger partial charge in [-0.05, 0) is 85.8 Å². The van der Waals surface area contributed by atoms with E-state index in [9.17, 15) is 19.2 Å². The molecule has 0 bridgehead atoms. The maximum atomic E-state index is 11.2. The van der Waals surface area contributed by atoms with Crippen LogP contribution in [-0.2, 0) is 23.9 Å². The molecule has 0 N–H and O–H groups in total. The molecule has 1 aromatic carbocycles. The van der Waals surface area contributed by atoms with Gasteiger partial charge in [0.1, 0.15) is 35.3 Å². The van der Waals surface area contributed by atoms with E-state index in [2.05, 4.69) is 40.9 Å². The zero-order valence-corrected chi connectivity index (χ0v) is 42.7. The van der Waals surface area contributed by atoms with Gasteiger partial charge in [0.15, 0.2) is 0 Å². The predicted molar refractivity (Wildman–Crippen MR) is 283 cm³/mol. The van der Waals surface area contributed by atoms with Gasteiger partial charge < -0.3 is 14.1 Å². The van der Waals surface area contributed by atoms with E-state index in [4.69, 9.17) is 53.6 Å². The smallest absolute Gasteiger partial charge is 0.306 e. The highest BCUT2D eigenvalue weighted by Gasteiger charge is 2.17. The Morgan fingerprint density at radius 1 is 0.793 bits per heavy atom. The minimum Gasteiger partial charge on any atom is -0.465 e. The fraction of sp³-hybridized carbons (Fsp3) is 0.476. The maximum absolute atomic E-state index is 11.2. The van der Waals surface area contributed by atoms with Gasteiger partial charge in [-0.2, -0.15) is 0 Å². The number of aromatic nitrogens is 1. The van der Waals surface area contributed by atoms with Crippen molar-refractivity contribution in [2.45, 2.75) is 110 Å². The van der Waals surface area contributed by atoms with Gasteiger partial charge in [-0.1, -0.05) is 135 Å². The van der Waals surface area contributed by atoms with Crippen LogP contribution in [0.3, 0.4) is 0 Å². The van der Waals surface area contributed by atoms with Gasteiger partial charge >= 0.3 is 5.97 Å². The van der Waals surface area contributed by atoms with Crippen LogP contribution in [0.25, 0.3) is 0 Å². The maximum Gasteiger partial charge on any atom is 0.306 e. The second-order valence-electron chi connectivity index (χ2n) is 12.5. The number of thioether (sulfide) groups is 6. The van der Waals surface area contributed by atoms with Crippen molar-refractivity contribution in [3.05, 3.63) is 85.2 Å². The summed E-state index contributed by atoms with van der Waals surface area (Å²) >= 11 is 30.0. The van der Waals surface area contributed by atoms with Crippen LogP contribution >= 0.6 is 119 Å². The number of esters is 1. The van der Waals surface area contributed by atoms with E-state index in [1.54, 1.807) is 42.2 Å². The molecule has 0 saturated carbocycles. The summed E-state index contributed by atoms with van der Waals surface area (Å²) in [4.78, 5) is 43.9. The lowest BCUT2D eigenvalue weighted by atomic mass is 10.2. The number of ether oxygens (including phenoxy) is 1. The molecule has 2 rings (SSSR count). The average Bonchev–Trinajstić information content (AvgIpc) is 3.69. The quantitative estimate of drug-likeness (QED) is 0.0692. The molecule has 2 aromatic rings. The molecule has 0 saturated heterocycles. The van der Waals surface area contributed by atoms with Crippen molar-refractivity contribution in [3.8, 4) is 0 Å². The summed E-state index contributed by atoms with van der Waals surface area (Å²) in [6.45, 7) is 26.7. The second kappa shape index (κ2) is 35.5. The number of carbonyl (C=O) groups is 4. The Kier molecular flexibility index (Phi) is 37.5. The highest BCUT2D eigenvalue weighted by molar-refractivity contribution is 8.48. The lowest BCUT2D eigenvalue weighted by molar-refractivity contribution is -0.144. The van der Waals surface area contributed by atoms with E-state index in [1.807, 2.05) is 86.3 Å². The summed E-state index contributed by atoms with van der Waals surface area (Å²) in [6, 6.07) is 13.9. The molecule has 0 radical (unpaired) electrons. The van der Waals surface area contributed by atoms with Crippen LogP contribution in [0, 0.1) is 0 Å². The first-order valence-corrected chi connectivity index (χ1v) is 24.9. The van der Waals surface area contributed by atoms with Crippen LogP contribution < -0.4 is 0 Å². The van der Waals surface area contributed by atoms with Gasteiger partial charge in [-0.25, -0.2) is 0 Å². The first-order valence-electron chi connectivity index (χ1n) is 17.8. The molecule has 0 aliphatic heterocycles.